The van der Waals surface area contributed by atoms with Gasteiger partial charge in [-0.1, -0.05) is 35.0 Å². The molecule has 3 aromatic rings. The van der Waals surface area contributed by atoms with Crippen molar-refractivity contribution in [3.63, 3.8) is 0 Å². The fourth-order valence-electron chi connectivity index (χ4n) is 3.50. The quantitative estimate of drug-likeness (QED) is 0.294. The topological polar surface area (TPSA) is 69.8 Å². The molecule has 1 aromatic heterocycles. The third kappa shape index (κ3) is 6.10. The number of piperazine rings is 1. The van der Waals surface area contributed by atoms with Gasteiger partial charge in [0.1, 0.15) is 0 Å². The molecule has 1 fully saturated rings. The average Bonchev–Trinajstić information content (AvgIpc) is 3.27. The summed E-state index contributed by atoms with van der Waals surface area (Å²) < 4.78 is 5.38. The molecule has 0 radical (unpaired) electrons. The molecular formula is C22H26ClIN6O. The first-order chi connectivity index (χ1) is 14.7. The Labute approximate surface area is 204 Å². The lowest BCUT2D eigenvalue weighted by molar-refractivity contribution is 0.365. The second kappa shape index (κ2) is 11.3. The number of aromatic nitrogens is 2. The number of aliphatic imine (C=N–C) groups is 1. The number of nitrogens with one attached hydrogen (secondary N) is 1. The third-order valence-corrected chi connectivity index (χ3v) is 5.36. The van der Waals surface area contributed by atoms with Gasteiger partial charge in [0, 0.05) is 62.5 Å². The maximum atomic E-state index is 5.93. The molecule has 0 bridgehead atoms. The minimum atomic E-state index is 0. The molecule has 0 amide bonds. The number of para-hydroxylation sites is 1. The van der Waals surface area contributed by atoms with Gasteiger partial charge in [0.25, 0.3) is 0 Å². The van der Waals surface area contributed by atoms with Crippen LogP contribution >= 0.6 is 35.6 Å². The standard InChI is InChI=1S/C22H25ClN6O.HI/c1-24-22(29-15-13-28(14-16-29)19-5-3-2-4-6-19)25-12-11-20-26-21(27-30-20)17-7-9-18(23)10-8-17;/h2-10H,11-16H2,1H3,(H,24,25);1H. The second-order valence-corrected chi connectivity index (χ2v) is 7.49. The van der Waals surface area contributed by atoms with Crippen molar-refractivity contribution >= 4 is 47.2 Å². The van der Waals surface area contributed by atoms with Gasteiger partial charge in [0.05, 0.1) is 0 Å². The summed E-state index contributed by atoms with van der Waals surface area (Å²) in [5, 5.41) is 8.15. The molecule has 0 saturated carbocycles. The van der Waals surface area contributed by atoms with Crippen molar-refractivity contribution < 1.29 is 4.52 Å². The lowest BCUT2D eigenvalue weighted by Gasteiger charge is -2.37. The summed E-state index contributed by atoms with van der Waals surface area (Å²) in [5.41, 5.74) is 2.16. The number of halogens is 2. The molecule has 2 heterocycles. The Morgan fingerprint density at radius 2 is 1.77 bits per heavy atom. The van der Waals surface area contributed by atoms with Crippen molar-refractivity contribution in [3.8, 4) is 11.4 Å². The second-order valence-electron chi connectivity index (χ2n) is 7.05. The van der Waals surface area contributed by atoms with Crippen LogP contribution in [-0.2, 0) is 6.42 Å². The summed E-state index contributed by atoms with van der Waals surface area (Å²) in [6, 6.07) is 17.9. The summed E-state index contributed by atoms with van der Waals surface area (Å²) in [4.78, 5) is 13.6. The maximum absolute atomic E-state index is 5.93. The highest BCUT2D eigenvalue weighted by atomic mass is 127. The normalized spacial score (nSPS) is 14.3. The number of rotatable bonds is 5. The van der Waals surface area contributed by atoms with E-state index in [1.165, 1.54) is 5.69 Å². The maximum Gasteiger partial charge on any atom is 0.228 e. The molecule has 1 aliphatic rings. The van der Waals surface area contributed by atoms with Gasteiger partial charge in [0.15, 0.2) is 5.96 Å². The Hall–Kier alpha value is -2.33. The first-order valence-electron chi connectivity index (χ1n) is 10.1. The Kier molecular flexibility index (Phi) is 8.53. The molecule has 1 aliphatic heterocycles. The van der Waals surface area contributed by atoms with E-state index in [4.69, 9.17) is 16.1 Å². The highest BCUT2D eigenvalue weighted by Crippen LogP contribution is 2.19. The molecule has 0 spiro atoms. The lowest BCUT2D eigenvalue weighted by atomic mass is 10.2. The summed E-state index contributed by atoms with van der Waals surface area (Å²) in [6.07, 6.45) is 0.629. The number of benzene rings is 2. The monoisotopic (exact) mass is 552 g/mol. The molecular weight excluding hydrogens is 527 g/mol. The number of nitrogens with zero attached hydrogens (tertiary/aromatic N) is 5. The van der Waals surface area contributed by atoms with E-state index in [-0.39, 0.29) is 24.0 Å². The van der Waals surface area contributed by atoms with E-state index >= 15 is 0 Å². The van der Waals surface area contributed by atoms with Crippen molar-refractivity contribution in [2.24, 2.45) is 4.99 Å². The van der Waals surface area contributed by atoms with Gasteiger partial charge in [0.2, 0.25) is 11.7 Å². The van der Waals surface area contributed by atoms with Crippen molar-refractivity contribution in [1.29, 1.82) is 0 Å². The summed E-state index contributed by atoms with van der Waals surface area (Å²) in [5.74, 6) is 2.07. The Morgan fingerprint density at radius 3 is 2.45 bits per heavy atom. The van der Waals surface area contributed by atoms with E-state index in [9.17, 15) is 0 Å². The van der Waals surface area contributed by atoms with Gasteiger partial charge in [-0.05, 0) is 36.4 Å². The van der Waals surface area contributed by atoms with Gasteiger partial charge in [-0.25, -0.2) is 0 Å². The Bertz CT molecular complexity index is 971. The largest absolute Gasteiger partial charge is 0.368 e. The number of hydrogen-bond donors (Lipinski definition) is 1. The Balaban J connectivity index is 0.00000272. The van der Waals surface area contributed by atoms with Crippen LogP contribution in [0.1, 0.15) is 5.89 Å². The predicted octanol–water partition coefficient (Wildman–Crippen LogP) is 3.95. The van der Waals surface area contributed by atoms with Gasteiger partial charge < -0.3 is 19.6 Å². The van der Waals surface area contributed by atoms with Gasteiger partial charge in [-0.3, -0.25) is 4.99 Å². The smallest absolute Gasteiger partial charge is 0.228 e. The van der Waals surface area contributed by atoms with Crippen LogP contribution in [0.5, 0.6) is 0 Å². The van der Waals surface area contributed by atoms with E-state index < -0.39 is 0 Å². The van der Waals surface area contributed by atoms with E-state index in [1.54, 1.807) is 0 Å². The molecule has 4 rings (SSSR count). The van der Waals surface area contributed by atoms with Crippen LogP contribution in [0.2, 0.25) is 5.02 Å². The van der Waals surface area contributed by atoms with E-state index in [1.807, 2.05) is 37.4 Å². The lowest BCUT2D eigenvalue weighted by Crippen LogP contribution is -2.52. The van der Waals surface area contributed by atoms with Crippen LogP contribution in [-0.4, -0.2) is 60.8 Å². The number of anilines is 1. The van der Waals surface area contributed by atoms with E-state index in [0.717, 1.165) is 37.7 Å². The van der Waals surface area contributed by atoms with Crippen LogP contribution in [0, 0.1) is 0 Å². The minimum absolute atomic E-state index is 0. The third-order valence-electron chi connectivity index (χ3n) is 5.10. The van der Waals surface area contributed by atoms with Crippen molar-refractivity contribution in [2.45, 2.75) is 6.42 Å². The zero-order chi connectivity index (χ0) is 20.8. The van der Waals surface area contributed by atoms with E-state index in [2.05, 4.69) is 54.5 Å². The minimum Gasteiger partial charge on any atom is -0.368 e. The SMILES string of the molecule is CN=C(NCCc1nc(-c2ccc(Cl)cc2)no1)N1CCN(c2ccccc2)CC1.I. The molecule has 1 N–H and O–H groups in total. The van der Waals surface area contributed by atoms with E-state index in [0.29, 0.717) is 29.7 Å². The first-order valence-corrected chi connectivity index (χ1v) is 10.4. The van der Waals surface area contributed by atoms with Crippen LogP contribution in [0.15, 0.2) is 64.1 Å². The predicted molar refractivity (Wildman–Crippen MR) is 135 cm³/mol. The number of guanidine groups is 1. The fraction of sp³-hybridized carbons (Fsp3) is 0.318. The average molecular weight is 553 g/mol. The van der Waals surface area contributed by atoms with Gasteiger partial charge in [-0.2, -0.15) is 4.98 Å². The highest BCUT2D eigenvalue weighted by molar-refractivity contribution is 14.0. The number of hydrogen-bond acceptors (Lipinski definition) is 5. The molecule has 0 aliphatic carbocycles. The van der Waals surface area contributed by atoms with Gasteiger partial charge >= 0.3 is 0 Å². The Morgan fingerprint density at radius 1 is 1.06 bits per heavy atom. The van der Waals surface area contributed by atoms with Crippen molar-refractivity contribution in [2.75, 3.05) is 44.7 Å². The summed E-state index contributed by atoms with van der Waals surface area (Å²) >= 11 is 5.93. The van der Waals surface area contributed by atoms with Crippen LogP contribution < -0.4 is 10.2 Å². The molecule has 164 valence electrons. The van der Waals surface area contributed by atoms with Crippen LogP contribution in [0.25, 0.3) is 11.4 Å². The van der Waals surface area contributed by atoms with Gasteiger partial charge in [-0.15, -0.1) is 24.0 Å². The van der Waals surface area contributed by atoms with Crippen molar-refractivity contribution in [3.05, 3.63) is 65.5 Å². The molecule has 31 heavy (non-hydrogen) atoms. The van der Waals surface area contributed by atoms with Crippen LogP contribution in [0.4, 0.5) is 5.69 Å². The molecule has 0 unspecified atom stereocenters. The molecule has 1 saturated heterocycles. The highest BCUT2D eigenvalue weighted by Gasteiger charge is 2.19. The summed E-state index contributed by atoms with van der Waals surface area (Å²) in [6.45, 7) is 4.47. The molecule has 9 heteroatoms. The first kappa shape index (κ1) is 23.3. The van der Waals surface area contributed by atoms with Crippen molar-refractivity contribution in [1.82, 2.24) is 20.4 Å². The van der Waals surface area contributed by atoms with Crippen LogP contribution in [0.3, 0.4) is 0 Å². The zero-order valence-electron chi connectivity index (χ0n) is 17.4. The fourth-order valence-corrected chi connectivity index (χ4v) is 3.63. The molecule has 7 nitrogen and oxygen atoms in total. The molecule has 2 aromatic carbocycles. The summed E-state index contributed by atoms with van der Waals surface area (Å²) in [7, 11) is 1.82. The molecule has 0 atom stereocenters. The zero-order valence-corrected chi connectivity index (χ0v) is 20.5.